The Balaban J connectivity index is 3.68. The highest BCUT2D eigenvalue weighted by Gasteiger charge is 1.92. The molecular formula is C9H16. The molecule has 0 aliphatic heterocycles. The van der Waals surface area contributed by atoms with E-state index < -0.39 is 0 Å². The molecule has 52 valence electrons. The van der Waals surface area contributed by atoms with Gasteiger partial charge < -0.3 is 0 Å². The van der Waals surface area contributed by atoms with Crippen molar-refractivity contribution in [1.82, 2.24) is 0 Å². The molecule has 0 fully saturated rings. The summed E-state index contributed by atoms with van der Waals surface area (Å²) in [4.78, 5) is 0. The van der Waals surface area contributed by atoms with Crippen LogP contribution in [0.2, 0.25) is 0 Å². The lowest BCUT2D eigenvalue weighted by Gasteiger charge is -2.02. The second-order valence-corrected chi connectivity index (χ2v) is 2.63. The zero-order valence-electron chi connectivity index (χ0n) is 6.65. The normalized spacial score (nSPS) is 12.2. The van der Waals surface area contributed by atoms with Gasteiger partial charge in [0.25, 0.3) is 0 Å². The van der Waals surface area contributed by atoms with E-state index in [0.717, 1.165) is 6.42 Å². The van der Waals surface area contributed by atoms with Gasteiger partial charge in [0.05, 0.1) is 0 Å². The van der Waals surface area contributed by atoms with E-state index in [-0.39, 0.29) is 0 Å². The first-order valence-corrected chi connectivity index (χ1v) is 3.46. The van der Waals surface area contributed by atoms with Gasteiger partial charge in [-0.25, -0.2) is 0 Å². The van der Waals surface area contributed by atoms with Crippen LogP contribution in [0.4, 0.5) is 0 Å². The van der Waals surface area contributed by atoms with Gasteiger partial charge in [-0.2, -0.15) is 0 Å². The zero-order chi connectivity index (χ0) is 7.28. The minimum absolute atomic E-state index is 0.685. The van der Waals surface area contributed by atoms with E-state index in [1.54, 1.807) is 0 Å². The van der Waals surface area contributed by atoms with Crippen LogP contribution in [0.1, 0.15) is 27.2 Å². The van der Waals surface area contributed by atoms with Crippen molar-refractivity contribution in [2.24, 2.45) is 5.92 Å². The van der Waals surface area contributed by atoms with E-state index in [4.69, 9.17) is 0 Å². The molecule has 0 rings (SSSR count). The van der Waals surface area contributed by atoms with Crippen LogP contribution in [0.15, 0.2) is 24.3 Å². The summed E-state index contributed by atoms with van der Waals surface area (Å²) in [6, 6.07) is 0. The van der Waals surface area contributed by atoms with Crippen molar-refractivity contribution in [3.63, 3.8) is 0 Å². The molecule has 0 bridgehead atoms. The Bertz CT molecular complexity index is 107. The monoisotopic (exact) mass is 124 g/mol. The van der Waals surface area contributed by atoms with Crippen LogP contribution < -0.4 is 0 Å². The fraction of sp³-hybridized carbons (Fsp3) is 0.556. The third-order valence-corrected chi connectivity index (χ3v) is 1.52. The quantitative estimate of drug-likeness (QED) is 0.507. The van der Waals surface area contributed by atoms with E-state index >= 15 is 0 Å². The van der Waals surface area contributed by atoms with Crippen LogP contribution in [0.5, 0.6) is 0 Å². The average Bonchev–Trinajstić information content (AvgIpc) is 1.82. The molecule has 0 N–H and O–H groups in total. The van der Waals surface area contributed by atoms with E-state index in [0.29, 0.717) is 5.92 Å². The number of rotatable bonds is 3. The molecule has 9 heavy (non-hydrogen) atoms. The summed E-state index contributed by atoms with van der Waals surface area (Å²) in [5.41, 5.74) is 1.45. The van der Waals surface area contributed by atoms with E-state index in [1.165, 1.54) is 5.57 Å². The predicted octanol–water partition coefficient (Wildman–Crippen LogP) is 3.16. The molecule has 0 aromatic carbocycles. The highest BCUT2D eigenvalue weighted by molar-refractivity contribution is 5.02. The highest BCUT2D eigenvalue weighted by atomic mass is 14.0. The Labute approximate surface area is 58.3 Å². The molecule has 0 aromatic rings. The van der Waals surface area contributed by atoms with Crippen LogP contribution in [0, 0.1) is 5.92 Å². The standard InChI is InChI=1S/C9H16/c1-5-6-7-9(4)8(2)3/h5,7-8H,1,6H2,2-4H3/b9-7+. The molecule has 0 saturated carbocycles. The van der Waals surface area contributed by atoms with Crippen LogP contribution in [0.3, 0.4) is 0 Å². The maximum Gasteiger partial charge on any atom is -0.0169 e. The lowest BCUT2D eigenvalue weighted by Crippen LogP contribution is -1.87. The molecule has 0 radical (unpaired) electrons. The lowest BCUT2D eigenvalue weighted by atomic mass is 10.0. The fourth-order valence-corrected chi connectivity index (χ4v) is 0.505. The summed E-state index contributed by atoms with van der Waals surface area (Å²) in [6.45, 7) is 10.2. The first-order valence-electron chi connectivity index (χ1n) is 3.46. The largest absolute Gasteiger partial charge is 0.103 e. The second kappa shape index (κ2) is 4.37. The van der Waals surface area contributed by atoms with E-state index in [1.807, 2.05) is 6.08 Å². The molecule has 0 atom stereocenters. The molecule has 0 spiro atoms. The van der Waals surface area contributed by atoms with Crippen molar-refractivity contribution in [2.45, 2.75) is 27.2 Å². The van der Waals surface area contributed by atoms with Gasteiger partial charge in [0.1, 0.15) is 0 Å². The van der Waals surface area contributed by atoms with Crippen molar-refractivity contribution in [3.8, 4) is 0 Å². The Morgan fingerprint density at radius 1 is 1.56 bits per heavy atom. The van der Waals surface area contributed by atoms with Gasteiger partial charge in [-0.15, -0.1) is 6.58 Å². The van der Waals surface area contributed by atoms with Crippen molar-refractivity contribution in [1.29, 1.82) is 0 Å². The maximum absolute atomic E-state index is 3.65. The summed E-state index contributed by atoms with van der Waals surface area (Å²) < 4.78 is 0. The minimum atomic E-state index is 0.685. The number of allylic oxidation sites excluding steroid dienone is 3. The van der Waals surface area contributed by atoms with Gasteiger partial charge in [-0.3, -0.25) is 0 Å². The van der Waals surface area contributed by atoms with Crippen LogP contribution >= 0.6 is 0 Å². The summed E-state index contributed by atoms with van der Waals surface area (Å²) >= 11 is 0. The maximum atomic E-state index is 3.65. The van der Waals surface area contributed by atoms with Gasteiger partial charge in [0.2, 0.25) is 0 Å². The van der Waals surface area contributed by atoms with Crippen molar-refractivity contribution in [2.75, 3.05) is 0 Å². The molecule has 0 aromatic heterocycles. The second-order valence-electron chi connectivity index (χ2n) is 2.63. The molecule has 0 saturated heterocycles. The number of hydrogen-bond donors (Lipinski definition) is 0. The topological polar surface area (TPSA) is 0 Å². The molecule has 0 nitrogen and oxygen atoms in total. The van der Waals surface area contributed by atoms with Crippen molar-refractivity contribution < 1.29 is 0 Å². The fourth-order valence-electron chi connectivity index (χ4n) is 0.505. The zero-order valence-corrected chi connectivity index (χ0v) is 6.65. The molecule has 0 amide bonds. The lowest BCUT2D eigenvalue weighted by molar-refractivity contribution is 0.765. The van der Waals surface area contributed by atoms with Gasteiger partial charge in [0, 0.05) is 0 Å². The van der Waals surface area contributed by atoms with Gasteiger partial charge in [0.15, 0.2) is 0 Å². The Kier molecular flexibility index (Phi) is 4.12. The summed E-state index contributed by atoms with van der Waals surface area (Å²) in [7, 11) is 0. The Morgan fingerprint density at radius 2 is 2.11 bits per heavy atom. The highest BCUT2D eigenvalue weighted by Crippen LogP contribution is 2.08. The molecule has 0 heterocycles. The van der Waals surface area contributed by atoms with Crippen LogP contribution in [0.25, 0.3) is 0 Å². The molecular weight excluding hydrogens is 108 g/mol. The molecule has 0 unspecified atom stereocenters. The molecule has 0 aliphatic rings. The molecule has 0 heteroatoms. The minimum Gasteiger partial charge on any atom is -0.103 e. The smallest absolute Gasteiger partial charge is 0.0169 e. The van der Waals surface area contributed by atoms with Crippen LogP contribution in [-0.2, 0) is 0 Å². The molecule has 0 aliphatic carbocycles. The van der Waals surface area contributed by atoms with Crippen molar-refractivity contribution in [3.05, 3.63) is 24.3 Å². The summed E-state index contributed by atoms with van der Waals surface area (Å²) in [5.74, 6) is 0.685. The van der Waals surface area contributed by atoms with Crippen LogP contribution in [-0.4, -0.2) is 0 Å². The van der Waals surface area contributed by atoms with Gasteiger partial charge in [-0.1, -0.05) is 31.6 Å². The third-order valence-electron chi connectivity index (χ3n) is 1.52. The third kappa shape index (κ3) is 4.01. The predicted molar refractivity (Wildman–Crippen MR) is 43.4 cm³/mol. The Hall–Kier alpha value is -0.520. The van der Waals surface area contributed by atoms with E-state index in [2.05, 4.69) is 33.4 Å². The van der Waals surface area contributed by atoms with E-state index in [9.17, 15) is 0 Å². The van der Waals surface area contributed by atoms with Crippen molar-refractivity contribution >= 4 is 0 Å². The Morgan fingerprint density at radius 3 is 2.44 bits per heavy atom. The first kappa shape index (κ1) is 8.48. The average molecular weight is 124 g/mol. The first-order chi connectivity index (χ1) is 4.18. The summed E-state index contributed by atoms with van der Waals surface area (Å²) in [5, 5.41) is 0. The van der Waals surface area contributed by atoms with Gasteiger partial charge >= 0.3 is 0 Å². The number of hydrogen-bond acceptors (Lipinski definition) is 0. The SMILES string of the molecule is C=CC/C=C(\C)C(C)C. The summed E-state index contributed by atoms with van der Waals surface area (Å²) in [6.07, 6.45) is 5.15. The van der Waals surface area contributed by atoms with Gasteiger partial charge in [-0.05, 0) is 19.3 Å².